The van der Waals surface area contributed by atoms with Crippen molar-refractivity contribution in [1.29, 1.82) is 0 Å². The summed E-state index contributed by atoms with van der Waals surface area (Å²) in [7, 11) is 1.93. The molecule has 0 saturated heterocycles. The Kier molecular flexibility index (Phi) is 5.55. The highest BCUT2D eigenvalue weighted by Gasteiger charge is 2.04. The quantitative estimate of drug-likeness (QED) is 0.584. The zero-order valence-corrected chi connectivity index (χ0v) is 10.9. The minimum absolute atomic E-state index is 0.0574. The first-order chi connectivity index (χ1) is 7.65. The molecule has 1 heterocycles. The van der Waals surface area contributed by atoms with E-state index < -0.39 is 0 Å². The lowest BCUT2D eigenvalue weighted by Crippen LogP contribution is -2.23. The van der Waals surface area contributed by atoms with Crippen LogP contribution in [0, 0.1) is 0 Å². The Balaban J connectivity index is 2.68. The average Bonchev–Trinajstić information content (AvgIpc) is 2.25. The van der Waals surface area contributed by atoms with Crippen LogP contribution in [0.5, 0.6) is 0 Å². The fourth-order valence-electron chi connectivity index (χ4n) is 1.22. The second-order valence-corrected chi connectivity index (χ2v) is 4.80. The number of rotatable bonds is 6. The molecular formula is C11H19N3OS. The Morgan fingerprint density at radius 3 is 3.00 bits per heavy atom. The third-order valence-corrected chi connectivity index (χ3v) is 3.38. The van der Waals surface area contributed by atoms with Crippen LogP contribution >= 0.6 is 11.8 Å². The molecule has 0 aliphatic carbocycles. The predicted molar refractivity (Wildman–Crippen MR) is 68.1 cm³/mol. The van der Waals surface area contributed by atoms with E-state index in [4.69, 9.17) is 0 Å². The molecule has 16 heavy (non-hydrogen) atoms. The number of nitrogens with zero attached hydrogens (tertiary/aromatic N) is 1. The van der Waals surface area contributed by atoms with Gasteiger partial charge >= 0.3 is 0 Å². The molecule has 1 aromatic heterocycles. The van der Waals surface area contributed by atoms with Gasteiger partial charge in [-0.25, -0.2) is 4.98 Å². The van der Waals surface area contributed by atoms with Crippen LogP contribution in [0.1, 0.15) is 26.0 Å². The minimum atomic E-state index is -0.0574. The van der Waals surface area contributed by atoms with Crippen molar-refractivity contribution in [3.63, 3.8) is 0 Å². The molecule has 0 saturated carbocycles. The predicted octanol–water partition coefficient (Wildman–Crippen LogP) is 1.42. The summed E-state index contributed by atoms with van der Waals surface area (Å²) >= 11 is 1.58. The van der Waals surface area contributed by atoms with Crippen LogP contribution in [-0.2, 0) is 6.42 Å². The Labute approximate surface area is 100 Å². The van der Waals surface area contributed by atoms with Gasteiger partial charge in [-0.05, 0) is 20.4 Å². The highest BCUT2D eigenvalue weighted by atomic mass is 32.2. The molecule has 0 aromatic carbocycles. The summed E-state index contributed by atoms with van der Waals surface area (Å²) in [5, 5.41) is 3.87. The van der Waals surface area contributed by atoms with Crippen molar-refractivity contribution in [3.05, 3.63) is 22.1 Å². The molecule has 1 aromatic rings. The standard InChI is InChI=1S/C11H19N3OS/c1-4-5-9-6-10(15)14-11(13-9)16-7-8(2)12-3/h6,8,12H,4-5,7H2,1-3H3,(H,13,14,15). The first-order valence-electron chi connectivity index (χ1n) is 5.56. The van der Waals surface area contributed by atoms with E-state index in [0.717, 1.165) is 29.4 Å². The van der Waals surface area contributed by atoms with Crippen molar-refractivity contribution < 1.29 is 0 Å². The van der Waals surface area contributed by atoms with Gasteiger partial charge in [0.15, 0.2) is 5.16 Å². The van der Waals surface area contributed by atoms with E-state index in [9.17, 15) is 4.79 Å². The first kappa shape index (κ1) is 13.3. The van der Waals surface area contributed by atoms with Gasteiger partial charge in [-0.1, -0.05) is 25.1 Å². The number of aryl methyl sites for hydroxylation is 1. The van der Waals surface area contributed by atoms with Crippen LogP contribution in [-0.4, -0.2) is 28.8 Å². The third-order valence-electron chi connectivity index (χ3n) is 2.24. The molecule has 0 spiro atoms. The lowest BCUT2D eigenvalue weighted by atomic mass is 10.2. The molecule has 0 fully saturated rings. The molecule has 2 N–H and O–H groups in total. The van der Waals surface area contributed by atoms with Gasteiger partial charge in [0.1, 0.15) is 0 Å². The molecule has 1 atom stereocenters. The van der Waals surface area contributed by atoms with E-state index in [-0.39, 0.29) is 5.56 Å². The van der Waals surface area contributed by atoms with Crippen LogP contribution in [0.4, 0.5) is 0 Å². The van der Waals surface area contributed by atoms with Gasteiger partial charge in [-0.3, -0.25) is 4.79 Å². The average molecular weight is 241 g/mol. The van der Waals surface area contributed by atoms with Crippen LogP contribution in [0.3, 0.4) is 0 Å². The van der Waals surface area contributed by atoms with Gasteiger partial charge in [-0.2, -0.15) is 0 Å². The van der Waals surface area contributed by atoms with Crippen molar-refractivity contribution in [2.45, 2.75) is 37.9 Å². The van der Waals surface area contributed by atoms with Crippen LogP contribution in [0.25, 0.3) is 0 Å². The van der Waals surface area contributed by atoms with E-state index >= 15 is 0 Å². The summed E-state index contributed by atoms with van der Waals surface area (Å²) in [6.07, 6.45) is 1.87. The van der Waals surface area contributed by atoms with E-state index in [1.165, 1.54) is 0 Å². The normalized spacial score (nSPS) is 12.7. The van der Waals surface area contributed by atoms with Crippen molar-refractivity contribution in [1.82, 2.24) is 15.3 Å². The molecule has 0 radical (unpaired) electrons. The molecule has 0 aliphatic rings. The Bertz CT molecular complexity index is 378. The Morgan fingerprint density at radius 2 is 2.38 bits per heavy atom. The number of thioether (sulfide) groups is 1. The molecule has 1 unspecified atom stereocenters. The lowest BCUT2D eigenvalue weighted by Gasteiger charge is -2.08. The topological polar surface area (TPSA) is 57.8 Å². The number of H-pyrrole nitrogens is 1. The maximum atomic E-state index is 11.4. The number of nitrogens with one attached hydrogen (secondary N) is 2. The second-order valence-electron chi connectivity index (χ2n) is 3.79. The Morgan fingerprint density at radius 1 is 1.62 bits per heavy atom. The third kappa shape index (κ3) is 4.37. The molecule has 4 nitrogen and oxygen atoms in total. The maximum absolute atomic E-state index is 11.4. The molecule has 90 valence electrons. The number of hydrogen-bond donors (Lipinski definition) is 2. The summed E-state index contributed by atoms with van der Waals surface area (Å²) in [5.41, 5.74) is 0.823. The van der Waals surface area contributed by atoms with Gasteiger partial charge in [-0.15, -0.1) is 0 Å². The monoisotopic (exact) mass is 241 g/mol. The van der Waals surface area contributed by atoms with E-state index in [0.29, 0.717) is 6.04 Å². The van der Waals surface area contributed by atoms with Gasteiger partial charge in [0.05, 0.1) is 0 Å². The van der Waals surface area contributed by atoms with Gasteiger partial charge in [0, 0.05) is 23.6 Å². The summed E-state index contributed by atoms with van der Waals surface area (Å²) in [6.45, 7) is 4.18. The smallest absolute Gasteiger partial charge is 0.251 e. The first-order valence-corrected chi connectivity index (χ1v) is 6.54. The van der Waals surface area contributed by atoms with Crippen molar-refractivity contribution in [3.8, 4) is 0 Å². The van der Waals surface area contributed by atoms with E-state index in [1.54, 1.807) is 17.8 Å². The Hall–Kier alpha value is -0.810. The van der Waals surface area contributed by atoms with Crippen LogP contribution in [0.15, 0.2) is 16.0 Å². The number of aromatic nitrogens is 2. The van der Waals surface area contributed by atoms with Crippen molar-refractivity contribution >= 4 is 11.8 Å². The largest absolute Gasteiger partial charge is 0.316 e. The molecule has 0 aliphatic heterocycles. The summed E-state index contributed by atoms with van der Waals surface area (Å²) < 4.78 is 0. The van der Waals surface area contributed by atoms with Crippen LogP contribution < -0.4 is 10.9 Å². The van der Waals surface area contributed by atoms with Gasteiger partial charge < -0.3 is 10.3 Å². The molecule has 5 heteroatoms. The SMILES string of the molecule is CCCc1cc(=O)[nH]c(SCC(C)NC)n1. The van der Waals surface area contributed by atoms with Crippen LogP contribution in [0.2, 0.25) is 0 Å². The fourth-order valence-corrected chi connectivity index (χ4v) is 2.15. The highest BCUT2D eigenvalue weighted by molar-refractivity contribution is 7.99. The molecule has 0 bridgehead atoms. The van der Waals surface area contributed by atoms with Gasteiger partial charge in [0.2, 0.25) is 0 Å². The zero-order valence-electron chi connectivity index (χ0n) is 10.0. The molecule has 0 amide bonds. The van der Waals surface area contributed by atoms with Crippen molar-refractivity contribution in [2.24, 2.45) is 0 Å². The summed E-state index contributed by atoms with van der Waals surface area (Å²) in [5.74, 6) is 0.898. The molecule has 1 rings (SSSR count). The van der Waals surface area contributed by atoms with E-state index in [2.05, 4.69) is 29.1 Å². The summed E-state index contributed by atoms with van der Waals surface area (Å²) in [4.78, 5) is 18.5. The zero-order chi connectivity index (χ0) is 12.0. The maximum Gasteiger partial charge on any atom is 0.251 e. The minimum Gasteiger partial charge on any atom is -0.316 e. The highest BCUT2D eigenvalue weighted by Crippen LogP contribution is 2.12. The second kappa shape index (κ2) is 6.70. The summed E-state index contributed by atoms with van der Waals surface area (Å²) in [6, 6.07) is 1.99. The number of aromatic amines is 1. The fraction of sp³-hybridized carbons (Fsp3) is 0.636. The number of hydrogen-bond acceptors (Lipinski definition) is 4. The molecular weight excluding hydrogens is 222 g/mol. The van der Waals surface area contributed by atoms with Crippen molar-refractivity contribution in [2.75, 3.05) is 12.8 Å². The van der Waals surface area contributed by atoms with E-state index in [1.807, 2.05) is 7.05 Å². The lowest BCUT2D eigenvalue weighted by molar-refractivity contribution is 0.676. The van der Waals surface area contributed by atoms with Gasteiger partial charge in [0.25, 0.3) is 5.56 Å².